The molecule has 0 bridgehead atoms. The number of hydrogen-bond acceptors (Lipinski definition) is 3. The van der Waals surface area contributed by atoms with Gasteiger partial charge < -0.3 is 15.4 Å². The van der Waals surface area contributed by atoms with Crippen molar-refractivity contribution in [2.45, 2.75) is 13.3 Å². The smallest absolute Gasteiger partial charge is 0.228 e. The van der Waals surface area contributed by atoms with E-state index in [1.54, 1.807) is 24.3 Å². The standard InChI is InChI=1S/C19H18F2N2O3/c1-2-26-17-6-4-3-5-16(17)23-19(25)13-10-12(13)18(24)22-15-8-7-11(20)9-14(15)21/h3-9,12-13H,2,10H2,1H3,(H,22,24)(H,23,25). The van der Waals surface area contributed by atoms with Crippen LogP contribution in [-0.2, 0) is 9.59 Å². The molecule has 2 amide bonds. The highest BCUT2D eigenvalue weighted by Crippen LogP contribution is 2.41. The van der Waals surface area contributed by atoms with E-state index in [0.29, 0.717) is 30.5 Å². The first kappa shape index (κ1) is 17.8. The van der Waals surface area contributed by atoms with Gasteiger partial charge in [-0.1, -0.05) is 12.1 Å². The molecular weight excluding hydrogens is 342 g/mol. The third kappa shape index (κ3) is 3.99. The van der Waals surface area contributed by atoms with Crippen LogP contribution in [0.25, 0.3) is 0 Å². The molecule has 2 aromatic rings. The van der Waals surface area contributed by atoms with Gasteiger partial charge in [0, 0.05) is 6.07 Å². The number of nitrogens with one attached hydrogen (secondary N) is 2. The maximum Gasteiger partial charge on any atom is 0.228 e. The van der Waals surface area contributed by atoms with Crippen LogP contribution in [0.4, 0.5) is 20.2 Å². The van der Waals surface area contributed by atoms with E-state index in [-0.39, 0.29) is 11.6 Å². The Kier molecular flexibility index (Phi) is 5.16. The van der Waals surface area contributed by atoms with Gasteiger partial charge in [-0.15, -0.1) is 0 Å². The Morgan fingerprint density at radius 1 is 1.04 bits per heavy atom. The molecule has 0 heterocycles. The fourth-order valence-electron chi connectivity index (χ4n) is 2.67. The van der Waals surface area contributed by atoms with E-state index in [4.69, 9.17) is 4.74 Å². The summed E-state index contributed by atoms with van der Waals surface area (Å²) in [6.45, 7) is 2.30. The molecule has 2 unspecified atom stereocenters. The quantitative estimate of drug-likeness (QED) is 0.827. The summed E-state index contributed by atoms with van der Waals surface area (Å²) in [4.78, 5) is 24.5. The monoisotopic (exact) mass is 360 g/mol. The third-order valence-electron chi connectivity index (χ3n) is 4.10. The van der Waals surface area contributed by atoms with E-state index in [1.165, 1.54) is 0 Å². The Balaban J connectivity index is 1.59. The number of hydrogen-bond donors (Lipinski definition) is 2. The van der Waals surface area contributed by atoms with Crippen LogP contribution in [0.5, 0.6) is 5.75 Å². The van der Waals surface area contributed by atoms with Crippen molar-refractivity contribution < 1.29 is 23.1 Å². The molecular formula is C19H18F2N2O3. The highest BCUT2D eigenvalue weighted by Gasteiger charge is 2.48. The molecule has 2 aromatic carbocycles. The van der Waals surface area contributed by atoms with E-state index >= 15 is 0 Å². The summed E-state index contributed by atoms with van der Waals surface area (Å²) >= 11 is 0. The Hall–Kier alpha value is -2.96. The van der Waals surface area contributed by atoms with Gasteiger partial charge in [0.15, 0.2) is 0 Å². The summed E-state index contributed by atoms with van der Waals surface area (Å²) in [6.07, 6.45) is 0.372. The largest absolute Gasteiger partial charge is 0.492 e. The number of amides is 2. The lowest BCUT2D eigenvalue weighted by Gasteiger charge is -2.11. The van der Waals surface area contributed by atoms with E-state index < -0.39 is 29.4 Å². The van der Waals surface area contributed by atoms with Gasteiger partial charge in [-0.25, -0.2) is 8.78 Å². The Morgan fingerprint density at radius 2 is 1.69 bits per heavy atom. The predicted octanol–water partition coefficient (Wildman–Crippen LogP) is 3.58. The van der Waals surface area contributed by atoms with Gasteiger partial charge in [0.1, 0.15) is 17.4 Å². The summed E-state index contributed by atoms with van der Waals surface area (Å²) in [5.41, 5.74) is 0.430. The highest BCUT2D eigenvalue weighted by atomic mass is 19.1. The fraction of sp³-hybridized carbons (Fsp3) is 0.263. The SMILES string of the molecule is CCOc1ccccc1NC(=O)C1CC1C(=O)Nc1ccc(F)cc1F. The second kappa shape index (κ2) is 7.51. The molecule has 0 aromatic heterocycles. The zero-order chi connectivity index (χ0) is 18.7. The zero-order valence-electron chi connectivity index (χ0n) is 14.1. The van der Waals surface area contributed by atoms with Crippen molar-refractivity contribution in [2.24, 2.45) is 11.8 Å². The van der Waals surface area contributed by atoms with Crippen LogP contribution in [0.3, 0.4) is 0 Å². The summed E-state index contributed by atoms with van der Waals surface area (Å²) in [6, 6.07) is 9.93. The molecule has 0 saturated heterocycles. The Bertz CT molecular complexity index is 841. The van der Waals surface area contributed by atoms with Crippen LogP contribution in [0.1, 0.15) is 13.3 Å². The maximum atomic E-state index is 13.6. The molecule has 136 valence electrons. The molecule has 2 atom stereocenters. The number of anilines is 2. The number of carbonyl (C=O) groups excluding carboxylic acids is 2. The average Bonchev–Trinajstić information content (AvgIpc) is 3.40. The van der Waals surface area contributed by atoms with Crippen LogP contribution in [0.15, 0.2) is 42.5 Å². The molecule has 1 aliphatic rings. The van der Waals surface area contributed by atoms with Crippen LogP contribution < -0.4 is 15.4 Å². The van der Waals surface area contributed by atoms with Gasteiger partial charge in [-0.3, -0.25) is 9.59 Å². The lowest BCUT2D eigenvalue weighted by Crippen LogP contribution is -2.21. The van der Waals surface area contributed by atoms with Gasteiger partial charge in [0.05, 0.1) is 29.8 Å². The van der Waals surface area contributed by atoms with Crippen molar-refractivity contribution >= 4 is 23.2 Å². The third-order valence-corrected chi connectivity index (χ3v) is 4.10. The number of rotatable bonds is 6. The molecule has 2 N–H and O–H groups in total. The van der Waals surface area contributed by atoms with E-state index in [1.807, 2.05) is 6.92 Å². The molecule has 3 rings (SSSR count). The fourth-order valence-corrected chi connectivity index (χ4v) is 2.67. The Morgan fingerprint density at radius 3 is 2.35 bits per heavy atom. The van der Waals surface area contributed by atoms with Gasteiger partial charge in [0.2, 0.25) is 11.8 Å². The van der Waals surface area contributed by atoms with Gasteiger partial charge in [-0.05, 0) is 37.6 Å². The molecule has 1 fully saturated rings. The molecule has 0 radical (unpaired) electrons. The predicted molar refractivity (Wildman–Crippen MR) is 92.8 cm³/mol. The van der Waals surface area contributed by atoms with Crippen LogP contribution in [0.2, 0.25) is 0 Å². The van der Waals surface area contributed by atoms with Crippen molar-refractivity contribution in [3.05, 3.63) is 54.1 Å². The number of carbonyl (C=O) groups is 2. The van der Waals surface area contributed by atoms with Crippen molar-refractivity contribution in [1.29, 1.82) is 0 Å². The first-order chi connectivity index (χ1) is 12.5. The average molecular weight is 360 g/mol. The minimum absolute atomic E-state index is 0.107. The van der Waals surface area contributed by atoms with Crippen molar-refractivity contribution in [3.63, 3.8) is 0 Å². The van der Waals surface area contributed by atoms with E-state index in [0.717, 1.165) is 12.1 Å². The summed E-state index contributed by atoms with van der Waals surface area (Å²) in [5, 5.41) is 5.15. The summed E-state index contributed by atoms with van der Waals surface area (Å²) < 4.78 is 32.0. The lowest BCUT2D eigenvalue weighted by atomic mass is 10.2. The second-order valence-corrected chi connectivity index (χ2v) is 5.98. The topological polar surface area (TPSA) is 67.4 Å². The van der Waals surface area contributed by atoms with Crippen LogP contribution in [-0.4, -0.2) is 18.4 Å². The number of benzene rings is 2. The molecule has 0 aliphatic heterocycles. The Labute approximate surface area is 149 Å². The number of halogens is 2. The molecule has 26 heavy (non-hydrogen) atoms. The molecule has 5 nitrogen and oxygen atoms in total. The van der Waals surface area contributed by atoms with Crippen molar-refractivity contribution in [2.75, 3.05) is 17.2 Å². The van der Waals surface area contributed by atoms with Gasteiger partial charge >= 0.3 is 0 Å². The summed E-state index contributed by atoms with van der Waals surface area (Å²) in [5.74, 6) is -2.82. The molecule has 0 spiro atoms. The van der Waals surface area contributed by atoms with Gasteiger partial charge in [0.25, 0.3) is 0 Å². The minimum atomic E-state index is -0.856. The van der Waals surface area contributed by atoms with Gasteiger partial charge in [-0.2, -0.15) is 0 Å². The first-order valence-corrected chi connectivity index (χ1v) is 8.28. The molecule has 1 saturated carbocycles. The lowest BCUT2D eigenvalue weighted by molar-refractivity contribution is -0.122. The second-order valence-electron chi connectivity index (χ2n) is 5.98. The first-order valence-electron chi connectivity index (χ1n) is 8.28. The molecule has 7 heteroatoms. The van der Waals surface area contributed by atoms with Crippen LogP contribution >= 0.6 is 0 Å². The maximum absolute atomic E-state index is 13.6. The van der Waals surface area contributed by atoms with Crippen molar-refractivity contribution in [1.82, 2.24) is 0 Å². The van der Waals surface area contributed by atoms with Crippen molar-refractivity contribution in [3.8, 4) is 5.75 Å². The number of ether oxygens (including phenoxy) is 1. The molecule has 1 aliphatic carbocycles. The van der Waals surface area contributed by atoms with E-state index in [9.17, 15) is 18.4 Å². The zero-order valence-corrected chi connectivity index (χ0v) is 14.1. The van der Waals surface area contributed by atoms with Crippen LogP contribution in [0, 0.1) is 23.5 Å². The summed E-state index contributed by atoms with van der Waals surface area (Å²) in [7, 11) is 0. The van der Waals surface area contributed by atoms with E-state index in [2.05, 4.69) is 10.6 Å². The normalized spacial score (nSPS) is 18.1. The minimum Gasteiger partial charge on any atom is -0.492 e. The highest BCUT2D eigenvalue weighted by molar-refractivity contribution is 6.03. The number of para-hydroxylation sites is 2.